The van der Waals surface area contributed by atoms with E-state index in [9.17, 15) is 60.3 Å². The number of fused-ring (bicyclic) bond motifs is 2. The number of rotatable bonds is 31. The second kappa shape index (κ2) is 41.9. The molecule has 25 nitrogen and oxygen atoms in total. The second-order valence-corrected chi connectivity index (χ2v) is 27.0. The van der Waals surface area contributed by atoms with Crippen molar-refractivity contribution in [2.24, 2.45) is 0 Å². The van der Waals surface area contributed by atoms with E-state index >= 15 is 0 Å². The lowest BCUT2D eigenvalue weighted by atomic mass is 9.95. The molecule has 6 rings (SSSR count). The molecule has 0 radical (unpaired) electrons. The van der Waals surface area contributed by atoms with Gasteiger partial charge in [0.15, 0.2) is 49.8 Å². The van der Waals surface area contributed by atoms with Crippen LogP contribution in [0.25, 0.3) is 0 Å². The van der Waals surface area contributed by atoms with E-state index in [0.29, 0.717) is 38.5 Å². The van der Waals surface area contributed by atoms with Crippen LogP contribution in [0.4, 0.5) is 0 Å². The van der Waals surface area contributed by atoms with Crippen molar-refractivity contribution in [3.05, 3.63) is 0 Å². The number of carbonyl (C=O) groups excluding carboxylic acids is 3. The molecule has 6 aliphatic heterocycles. The highest BCUT2D eigenvalue weighted by Gasteiger charge is 2.59. The van der Waals surface area contributed by atoms with E-state index in [-0.39, 0.29) is 25.4 Å². The van der Waals surface area contributed by atoms with Gasteiger partial charge in [0.2, 0.25) is 0 Å². The van der Waals surface area contributed by atoms with E-state index in [4.69, 9.17) is 61.6 Å². The number of aliphatic hydroxyl groups is 9. The fraction of sp³-hybridized carbons (Fsp3) is 0.956. The molecule has 0 aliphatic carbocycles. The van der Waals surface area contributed by atoms with Crippen LogP contribution in [0.2, 0.25) is 0 Å². The zero-order chi connectivity index (χ0) is 67.6. The maximum atomic E-state index is 14.3. The van der Waals surface area contributed by atoms with Crippen molar-refractivity contribution in [3.8, 4) is 0 Å². The van der Waals surface area contributed by atoms with Crippen LogP contribution in [0, 0.1) is 0 Å². The lowest BCUT2D eigenvalue weighted by Crippen LogP contribution is -2.68. The highest BCUT2D eigenvalue weighted by molar-refractivity contribution is 5.70. The van der Waals surface area contributed by atoms with E-state index in [1.807, 2.05) is 0 Å². The largest absolute Gasteiger partial charge is 0.457 e. The van der Waals surface area contributed by atoms with Crippen molar-refractivity contribution in [1.29, 1.82) is 0 Å². The van der Waals surface area contributed by atoms with Crippen LogP contribution in [0.3, 0.4) is 0 Å². The monoisotopic (exact) mass is 1340 g/mol. The molecule has 0 bridgehead atoms. The molecule has 0 aromatic carbocycles. The number of ether oxygens (including phenoxy) is 13. The fourth-order valence-corrected chi connectivity index (χ4v) is 13.4. The summed E-state index contributed by atoms with van der Waals surface area (Å²) in [5.41, 5.74) is 0. The smallest absolute Gasteiger partial charge is 0.306 e. The van der Waals surface area contributed by atoms with Gasteiger partial charge in [-0.2, -0.15) is 0 Å². The molecular formula is C68H120O25. The zero-order valence-corrected chi connectivity index (χ0v) is 56.7. The van der Waals surface area contributed by atoms with E-state index in [2.05, 4.69) is 20.8 Å². The third-order valence-corrected chi connectivity index (χ3v) is 19.2. The zero-order valence-electron chi connectivity index (χ0n) is 56.7. The Balaban J connectivity index is 1.31. The van der Waals surface area contributed by atoms with Crippen molar-refractivity contribution in [1.82, 2.24) is 0 Å². The van der Waals surface area contributed by atoms with Gasteiger partial charge in [-0.3, -0.25) is 14.4 Å². The number of hydrogen-bond acceptors (Lipinski definition) is 25. The van der Waals surface area contributed by atoms with Crippen LogP contribution < -0.4 is 0 Å². The minimum Gasteiger partial charge on any atom is -0.457 e. The third-order valence-electron chi connectivity index (χ3n) is 19.2. The van der Waals surface area contributed by atoms with Crippen molar-refractivity contribution >= 4 is 17.9 Å². The minimum atomic E-state index is -2.01. The molecule has 0 aromatic heterocycles. The summed E-state index contributed by atoms with van der Waals surface area (Å²) in [4.78, 5) is 41.5. The molecular weight excluding hydrogens is 1220 g/mol. The molecule has 6 aliphatic rings. The lowest BCUT2D eigenvalue weighted by molar-refractivity contribution is -0.400. The summed E-state index contributed by atoms with van der Waals surface area (Å²) in [6.45, 7) is 11.7. The van der Waals surface area contributed by atoms with E-state index in [1.165, 1.54) is 46.5 Å². The molecule has 93 heavy (non-hydrogen) atoms. The first-order valence-electron chi connectivity index (χ1n) is 35.9. The molecule has 0 amide bonds. The number of unbranched alkanes of at least 4 members (excludes halogenated alkanes) is 16. The summed E-state index contributed by atoms with van der Waals surface area (Å²) in [6.07, 6.45) is -14.4. The van der Waals surface area contributed by atoms with Gasteiger partial charge in [0.25, 0.3) is 0 Å². The van der Waals surface area contributed by atoms with Gasteiger partial charge in [-0.05, 0) is 59.8 Å². The van der Waals surface area contributed by atoms with Crippen LogP contribution in [-0.4, -0.2) is 230 Å². The van der Waals surface area contributed by atoms with Gasteiger partial charge in [-0.15, -0.1) is 0 Å². The van der Waals surface area contributed by atoms with Crippen molar-refractivity contribution in [3.63, 3.8) is 0 Å². The molecule has 9 N–H and O–H groups in total. The first kappa shape index (κ1) is 79.6. The molecule has 6 saturated heterocycles. The van der Waals surface area contributed by atoms with Gasteiger partial charge in [0, 0.05) is 19.3 Å². The van der Waals surface area contributed by atoms with Crippen molar-refractivity contribution in [2.45, 2.75) is 407 Å². The minimum absolute atomic E-state index is 0.0353. The molecule has 0 spiro atoms. The standard InChI is InChI=1S/C68H120O25/c1-8-11-14-16-18-19-23-27-31-36-46(70)87-57-41(5)82-64(55(79)53(57)77)91-59-43(7)84-68(63(89-48(72)38-33-26-21-17-15-12-9-2)62(59)93-65-54(78)51(75)50(74)45(39-69)86-65)90-58-42(6)83-67-61(56(58)80)88-47(71)37-32-28-24-20-22-25-30-35-44(34-29-13-10-3)85-66-60(92-67)52(76)49(73)40(4)81-66/h40-45,49-69,73-80H,8-39H2,1-7H3/t40-,41+,42+,43+,44+,45-,49+,50-,51+,52+,53+,54-,55-,56-,57+,58+,59+,60-,61-,62-,63-,64+,65+,66+,67+,68+/m1/s1. The van der Waals surface area contributed by atoms with E-state index < -0.39 is 178 Å². The third kappa shape index (κ3) is 24.2. The van der Waals surface area contributed by atoms with Crippen LogP contribution >= 0.6 is 0 Å². The second-order valence-electron chi connectivity index (χ2n) is 27.0. The first-order valence-corrected chi connectivity index (χ1v) is 35.9. The predicted molar refractivity (Wildman–Crippen MR) is 335 cm³/mol. The summed E-state index contributed by atoms with van der Waals surface area (Å²) < 4.78 is 82.5. The van der Waals surface area contributed by atoms with Gasteiger partial charge < -0.3 is 108 Å². The maximum absolute atomic E-state index is 14.3. The number of hydrogen-bond donors (Lipinski definition) is 9. The quantitative estimate of drug-likeness (QED) is 0.0206. The van der Waals surface area contributed by atoms with Crippen LogP contribution in [0.1, 0.15) is 248 Å². The van der Waals surface area contributed by atoms with Crippen LogP contribution in [0.15, 0.2) is 0 Å². The molecule has 0 saturated carbocycles. The van der Waals surface area contributed by atoms with Crippen LogP contribution in [0.5, 0.6) is 0 Å². The molecule has 542 valence electrons. The summed E-state index contributed by atoms with van der Waals surface area (Å²) in [5.74, 6) is -2.07. The average Bonchev–Trinajstić information content (AvgIpc) is 0.772. The van der Waals surface area contributed by atoms with Gasteiger partial charge >= 0.3 is 17.9 Å². The number of esters is 3. The summed E-state index contributed by atoms with van der Waals surface area (Å²) in [7, 11) is 0. The molecule has 26 atom stereocenters. The molecule has 0 aromatic rings. The first-order chi connectivity index (χ1) is 44.7. The van der Waals surface area contributed by atoms with E-state index in [1.54, 1.807) is 6.92 Å². The summed E-state index contributed by atoms with van der Waals surface area (Å²) in [5, 5.41) is 103. The van der Waals surface area contributed by atoms with Gasteiger partial charge in [-0.25, -0.2) is 0 Å². The van der Waals surface area contributed by atoms with Gasteiger partial charge in [-0.1, -0.05) is 168 Å². The molecule has 0 unspecified atom stereocenters. The highest BCUT2D eigenvalue weighted by Crippen LogP contribution is 2.40. The maximum Gasteiger partial charge on any atom is 0.306 e. The molecule has 25 heteroatoms. The van der Waals surface area contributed by atoms with Crippen LogP contribution in [-0.2, 0) is 76.0 Å². The Kier molecular flexibility index (Phi) is 35.9. The Hall–Kier alpha value is -2.35. The average molecular weight is 1340 g/mol. The lowest BCUT2D eigenvalue weighted by Gasteiger charge is -2.51. The Morgan fingerprint density at radius 2 is 0.882 bits per heavy atom. The fourth-order valence-electron chi connectivity index (χ4n) is 13.4. The van der Waals surface area contributed by atoms with E-state index in [0.717, 1.165) is 116 Å². The van der Waals surface area contributed by atoms with Gasteiger partial charge in [0.1, 0.15) is 79.4 Å². The molecule has 6 fully saturated rings. The van der Waals surface area contributed by atoms with Crippen molar-refractivity contribution in [2.75, 3.05) is 6.61 Å². The Bertz CT molecular complexity index is 2080. The summed E-state index contributed by atoms with van der Waals surface area (Å²) >= 11 is 0. The number of aliphatic hydroxyl groups excluding tert-OH is 9. The SMILES string of the molecule is CCCCCCCCCCCC(=O)O[C@@H]1[C@@H](O)[C@@H](O)[C@H](O[C@@H]2[C@@H](O[C@@H]3O[C@H](CO)[C@@H](O)[C@H](O)[C@H]3O)[C@@H](OC(=O)CCCCCCCCC)[C@H](O[C@@H]3[C@@H](O)[C@H]4OC(=O)CCCCCCCCC[C@H](CCCCC)O[C@@H]5O[C@H](C)[C@H](O)[C@H](O)[C@H]5O[C@@H]4O[C@H]3C)O[C@H]2C)O[C@H]1C. The number of carbonyl (C=O) groups is 3. The Morgan fingerprint density at radius 3 is 1.49 bits per heavy atom. The Labute approximate surface area is 551 Å². The topological polar surface area (TPSA) is 353 Å². The van der Waals surface area contributed by atoms with Gasteiger partial charge in [0.05, 0.1) is 37.1 Å². The van der Waals surface area contributed by atoms with Crippen molar-refractivity contribution < 1.29 is 122 Å². The predicted octanol–water partition coefficient (Wildman–Crippen LogP) is 6.40. The normalized spacial score (nSPS) is 39.4. The Morgan fingerprint density at radius 1 is 0.409 bits per heavy atom. The summed E-state index contributed by atoms with van der Waals surface area (Å²) in [6, 6.07) is 0. The highest BCUT2D eigenvalue weighted by atomic mass is 16.8. The molecule has 6 heterocycles.